The highest BCUT2D eigenvalue weighted by Gasteiger charge is 2.39. The van der Waals surface area contributed by atoms with E-state index in [1.54, 1.807) is 11.9 Å². The zero-order valence-electron chi connectivity index (χ0n) is 15.4. The lowest BCUT2D eigenvalue weighted by Gasteiger charge is -2.41. The first-order valence-corrected chi connectivity index (χ1v) is 11.1. The minimum Gasteiger partial charge on any atom is -0.326 e. The van der Waals surface area contributed by atoms with Crippen molar-refractivity contribution in [3.05, 3.63) is 0 Å². The van der Waals surface area contributed by atoms with Gasteiger partial charge in [0.1, 0.15) is 15.4 Å². The molecule has 1 aliphatic heterocycles. The molecule has 0 atom stereocenters. The van der Waals surface area contributed by atoms with Crippen LogP contribution in [0.2, 0.25) is 0 Å². The van der Waals surface area contributed by atoms with E-state index in [9.17, 15) is 18.5 Å². The number of rotatable bonds is 6. The Balaban J connectivity index is 1.81. The van der Waals surface area contributed by atoms with Gasteiger partial charge in [-0.3, -0.25) is 14.6 Å². The van der Waals surface area contributed by atoms with E-state index in [1.165, 1.54) is 6.26 Å². The first-order chi connectivity index (χ1) is 11.8. The molecule has 2 fully saturated rings. The smallest absolute Gasteiger partial charge is 0.237 e. The molecule has 1 heterocycles. The maximum atomic E-state index is 12.7. The fourth-order valence-corrected chi connectivity index (χ4v) is 4.25. The van der Waals surface area contributed by atoms with Crippen molar-refractivity contribution in [2.45, 2.75) is 37.6 Å². The molecule has 0 bridgehead atoms. The molecule has 0 spiro atoms. The third-order valence-electron chi connectivity index (χ3n) is 5.51. The van der Waals surface area contributed by atoms with Crippen LogP contribution in [0.3, 0.4) is 0 Å². The molecule has 2 aliphatic rings. The zero-order chi connectivity index (χ0) is 18.5. The molecule has 1 saturated carbocycles. The Labute approximate surface area is 151 Å². The van der Waals surface area contributed by atoms with Gasteiger partial charge in [-0.2, -0.15) is 5.26 Å². The molecular weight excluding hydrogens is 340 g/mol. The van der Waals surface area contributed by atoms with Gasteiger partial charge in [0, 0.05) is 46.0 Å². The average Bonchev–Trinajstić information content (AvgIpc) is 2.60. The van der Waals surface area contributed by atoms with Crippen molar-refractivity contribution in [1.82, 2.24) is 14.7 Å². The van der Waals surface area contributed by atoms with Gasteiger partial charge in [-0.05, 0) is 12.8 Å². The van der Waals surface area contributed by atoms with Crippen LogP contribution in [0, 0.1) is 11.3 Å². The van der Waals surface area contributed by atoms with E-state index in [0.717, 1.165) is 58.3 Å². The topological polar surface area (TPSA) is 84.7 Å². The van der Waals surface area contributed by atoms with Gasteiger partial charge >= 0.3 is 0 Å². The predicted octanol–water partition coefficient (Wildman–Crippen LogP) is 0.333. The molecular formula is C17H30N4O3S. The lowest BCUT2D eigenvalue weighted by molar-refractivity contribution is -0.136. The van der Waals surface area contributed by atoms with Crippen molar-refractivity contribution >= 4 is 15.7 Å². The Morgan fingerprint density at radius 1 is 1.12 bits per heavy atom. The maximum Gasteiger partial charge on any atom is 0.237 e. The van der Waals surface area contributed by atoms with Crippen LogP contribution in [0.4, 0.5) is 0 Å². The number of hydrogen-bond donors (Lipinski definition) is 0. The molecule has 8 heteroatoms. The lowest BCUT2D eigenvalue weighted by Crippen LogP contribution is -2.55. The van der Waals surface area contributed by atoms with Gasteiger partial charge in [0.05, 0.1) is 18.4 Å². The molecule has 25 heavy (non-hydrogen) atoms. The van der Waals surface area contributed by atoms with Crippen LogP contribution >= 0.6 is 0 Å². The summed E-state index contributed by atoms with van der Waals surface area (Å²) in [7, 11) is -1.17. The van der Waals surface area contributed by atoms with Crippen LogP contribution in [0.15, 0.2) is 0 Å². The summed E-state index contributed by atoms with van der Waals surface area (Å²) in [5.74, 6) is 0.187. The number of piperazine rings is 1. The first-order valence-electron chi connectivity index (χ1n) is 9.06. The average molecular weight is 371 g/mol. The summed E-state index contributed by atoms with van der Waals surface area (Å²) in [5, 5.41) is 9.61. The van der Waals surface area contributed by atoms with E-state index in [2.05, 4.69) is 15.9 Å². The molecule has 1 aliphatic carbocycles. The van der Waals surface area contributed by atoms with Crippen molar-refractivity contribution in [2.24, 2.45) is 0 Å². The second-order valence-electron chi connectivity index (χ2n) is 7.40. The second-order valence-corrected chi connectivity index (χ2v) is 9.66. The summed E-state index contributed by atoms with van der Waals surface area (Å²) < 4.78 is 22.5. The Kier molecular flexibility index (Phi) is 6.83. The molecule has 0 unspecified atom stereocenters. The van der Waals surface area contributed by atoms with E-state index >= 15 is 0 Å². The zero-order valence-corrected chi connectivity index (χ0v) is 16.2. The second kappa shape index (κ2) is 8.47. The molecule has 0 aromatic rings. The van der Waals surface area contributed by atoms with Crippen LogP contribution in [0.1, 0.15) is 32.1 Å². The fourth-order valence-electron chi connectivity index (χ4n) is 3.66. The third kappa shape index (κ3) is 5.66. The molecule has 1 amide bonds. The van der Waals surface area contributed by atoms with Crippen LogP contribution in [0.25, 0.3) is 0 Å². The lowest BCUT2D eigenvalue weighted by atomic mass is 9.81. The summed E-state index contributed by atoms with van der Waals surface area (Å²) >= 11 is 0. The monoisotopic (exact) mass is 370 g/mol. The Hall–Kier alpha value is -1.17. The first kappa shape index (κ1) is 20.1. The number of likely N-dealkylation sites (N-methyl/N-ethyl adjacent to an activating group) is 1. The van der Waals surface area contributed by atoms with Gasteiger partial charge in [0.25, 0.3) is 0 Å². The molecule has 2 rings (SSSR count). The Morgan fingerprint density at radius 3 is 2.20 bits per heavy atom. The highest BCUT2D eigenvalue weighted by molar-refractivity contribution is 7.90. The van der Waals surface area contributed by atoms with E-state index in [-0.39, 0.29) is 11.7 Å². The van der Waals surface area contributed by atoms with Crippen molar-refractivity contribution in [3.63, 3.8) is 0 Å². The number of sulfone groups is 1. The van der Waals surface area contributed by atoms with E-state index < -0.39 is 15.4 Å². The summed E-state index contributed by atoms with van der Waals surface area (Å²) in [6.45, 7) is 3.94. The maximum absolute atomic E-state index is 12.7. The number of carbonyl (C=O) groups is 1. The summed E-state index contributed by atoms with van der Waals surface area (Å²) in [6.07, 6.45) is 5.94. The number of hydrogen-bond acceptors (Lipinski definition) is 6. The number of nitrogens with zero attached hydrogens (tertiary/aromatic N) is 4. The van der Waals surface area contributed by atoms with Crippen molar-refractivity contribution in [2.75, 3.05) is 58.3 Å². The van der Waals surface area contributed by atoms with Gasteiger partial charge in [0.2, 0.25) is 5.91 Å². The number of amides is 1. The van der Waals surface area contributed by atoms with Crippen LogP contribution < -0.4 is 0 Å². The van der Waals surface area contributed by atoms with E-state index in [0.29, 0.717) is 13.1 Å². The molecule has 0 aromatic carbocycles. The molecule has 0 N–H and O–H groups in total. The predicted molar refractivity (Wildman–Crippen MR) is 96.8 cm³/mol. The Bertz CT molecular complexity index is 600. The minimum atomic E-state index is -2.94. The fraction of sp³-hybridized carbons (Fsp3) is 0.882. The van der Waals surface area contributed by atoms with Gasteiger partial charge in [-0.15, -0.1) is 0 Å². The normalized spacial score (nSPS) is 22.3. The van der Waals surface area contributed by atoms with E-state index in [1.807, 2.05) is 0 Å². The highest BCUT2D eigenvalue weighted by Crippen LogP contribution is 2.32. The molecule has 0 radical (unpaired) electrons. The molecule has 142 valence electrons. The largest absolute Gasteiger partial charge is 0.326 e. The van der Waals surface area contributed by atoms with Crippen LogP contribution in [0.5, 0.6) is 0 Å². The standard InChI is InChI=1S/C17H30N4O3S/c1-19(17(15-18)6-4-3-5-7-17)16(22)14-21-10-8-20(9-11-21)12-13-25(2,23)24/h3-14H2,1-2H3. The summed E-state index contributed by atoms with van der Waals surface area (Å²) in [5.41, 5.74) is -0.632. The Morgan fingerprint density at radius 2 is 1.68 bits per heavy atom. The van der Waals surface area contributed by atoms with Gasteiger partial charge in [-0.25, -0.2) is 8.42 Å². The van der Waals surface area contributed by atoms with Gasteiger partial charge in [0.15, 0.2) is 0 Å². The van der Waals surface area contributed by atoms with Crippen LogP contribution in [-0.2, 0) is 14.6 Å². The van der Waals surface area contributed by atoms with Crippen molar-refractivity contribution in [3.8, 4) is 6.07 Å². The quantitative estimate of drug-likeness (QED) is 0.670. The van der Waals surface area contributed by atoms with Gasteiger partial charge in [-0.1, -0.05) is 19.3 Å². The van der Waals surface area contributed by atoms with E-state index in [4.69, 9.17) is 0 Å². The molecule has 7 nitrogen and oxygen atoms in total. The minimum absolute atomic E-state index is 0.00744. The summed E-state index contributed by atoms with van der Waals surface area (Å²) in [6, 6.07) is 2.39. The summed E-state index contributed by atoms with van der Waals surface area (Å²) in [4.78, 5) is 18.6. The third-order valence-corrected chi connectivity index (χ3v) is 6.43. The highest BCUT2D eigenvalue weighted by atomic mass is 32.2. The SMILES string of the molecule is CN(C(=O)CN1CCN(CCS(C)(=O)=O)CC1)C1(C#N)CCCCC1. The molecule has 0 aromatic heterocycles. The van der Waals surface area contributed by atoms with Crippen molar-refractivity contribution in [1.29, 1.82) is 5.26 Å². The van der Waals surface area contributed by atoms with Crippen LogP contribution in [-0.4, -0.2) is 92.9 Å². The molecule has 1 saturated heterocycles. The number of carbonyl (C=O) groups excluding carboxylic acids is 1. The van der Waals surface area contributed by atoms with Crippen molar-refractivity contribution < 1.29 is 13.2 Å². The number of nitriles is 1. The van der Waals surface area contributed by atoms with Gasteiger partial charge < -0.3 is 4.90 Å².